The number of carbonyl (C=O) groups excluding carboxylic acids is 1. The summed E-state index contributed by atoms with van der Waals surface area (Å²) < 4.78 is 1.89. The highest BCUT2D eigenvalue weighted by atomic mass is 16.2. The summed E-state index contributed by atoms with van der Waals surface area (Å²) in [5, 5.41) is 10.7. The number of aromatic nitrogens is 3. The maximum atomic E-state index is 12.3. The molecule has 1 amide bonds. The van der Waals surface area contributed by atoms with Crippen molar-refractivity contribution in [3.8, 4) is 0 Å². The number of piperidine rings is 1. The Hall–Kier alpha value is -2.21. The van der Waals surface area contributed by atoms with E-state index in [0.29, 0.717) is 11.7 Å². The van der Waals surface area contributed by atoms with E-state index in [-0.39, 0.29) is 5.91 Å². The second-order valence-corrected chi connectivity index (χ2v) is 5.72. The lowest BCUT2D eigenvalue weighted by Gasteiger charge is -2.22. The molecule has 22 heavy (non-hydrogen) atoms. The molecule has 1 aliphatic rings. The van der Waals surface area contributed by atoms with Gasteiger partial charge in [-0.3, -0.25) is 14.5 Å². The van der Waals surface area contributed by atoms with Gasteiger partial charge in [0.15, 0.2) is 5.69 Å². The van der Waals surface area contributed by atoms with E-state index >= 15 is 0 Å². The molecule has 2 aromatic heterocycles. The van der Waals surface area contributed by atoms with Gasteiger partial charge in [-0.05, 0) is 51.4 Å². The van der Waals surface area contributed by atoms with E-state index in [1.165, 1.54) is 0 Å². The minimum Gasteiger partial charge on any atom is -0.319 e. The van der Waals surface area contributed by atoms with E-state index < -0.39 is 0 Å². The van der Waals surface area contributed by atoms with Crippen LogP contribution in [0.15, 0.2) is 24.4 Å². The van der Waals surface area contributed by atoms with Crippen LogP contribution in [0, 0.1) is 13.8 Å². The predicted octanol–water partition coefficient (Wildman–Crippen LogP) is 2.07. The molecule has 0 spiro atoms. The van der Waals surface area contributed by atoms with Crippen LogP contribution in [0.1, 0.15) is 40.8 Å². The highest BCUT2D eigenvalue weighted by Crippen LogP contribution is 2.17. The van der Waals surface area contributed by atoms with Gasteiger partial charge in [0.1, 0.15) is 0 Å². The number of carbonyl (C=O) groups is 1. The Bertz CT molecular complexity index is 673. The molecule has 1 saturated heterocycles. The van der Waals surface area contributed by atoms with Gasteiger partial charge in [-0.25, -0.2) is 0 Å². The number of hydrogen-bond acceptors (Lipinski definition) is 4. The summed E-state index contributed by atoms with van der Waals surface area (Å²) in [4.78, 5) is 16.7. The topological polar surface area (TPSA) is 71.8 Å². The smallest absolute Gasteiger partial charge is 0.276 e. The summed E-state index contributed by atoms with van der Waals surface area (Å²) in [6, 6.07) is 5.85. The number of amides is 1. The second kappa shape index (κ2) is 6.27. The van der Waals surface area contributed by atoms with E-state index in [2.05, 4.69) is 20.7 Å². The minimum atomic E-state index is -0.198. The average Bonchev–Trinajstić information content (AvgIpc) is 3.01. The molecule has 1 fully saturated rings. The third-order valence-electron chi connectivity index (χ3n) is 3.96. The second-order valence-electron chi connectivity index (χ2n) is 5.72. The van der Waals surface area contributed by atoms with Crippen LogP contribution in [0.5, 0.6) is 0 Å². The van der Waals surface area contributed by atoms with Crippen LogP contribution in [0.3, 0.4) is 0 Å². The molecule has 116 valence electrons. The summed E-state index contributed by atoms with van der Waals surface area (Å²) in [6.45, 7) is 5.78. The van der Waals surface area contributed by atoms with Crippen LogP contribution in [0.4, 0.5) is 5.69 Å². The van der Waals surface area contributed by atoms with Crippen LogP contribution >= 0.6 is 0 Å². The largest absolute Gasteiger partial charge is 0.319 e. The third-order valence-corrected chi connectivity index (χ3v) is 3.96. The Morgan fingerprint density at radius 1 is 1.36 bits per heavy atom. The molecule has 1 aliphatic heterocycles. The summed E-state index contributed by atoms with van der Waals surface area (Å²) in [7, 11) is 0. The molecule has 0 aliphatic carbocycles. The van der Waals surface area contributed by atoms with Gasteiger partial charge in [-0.1, -0.05) is 0 Å². The number of aryl methyl sites for hydroxylation is 2. The van der Waals surface area contributed by atoms with E-state index in [1.807, 2.05) is 36.9 Å². The lowest BCUT2D eigenvalue weighted by molar-refractivity contribution is 0.102. The van der Waals surface area contributed by atoms with Gasteiger partial charge in [-0.15, -0.1) is 0 Å². The van der Waals surface area contributed by atoms with Gasteiger partial charge in [0.2, 0.25) is 0 Å². The Balaban J connectivity index is 1.71. The van der Waals surface area contributed by atoms with Crippen molar-refractivity contribution in [2.45, 2.75) is 32.7 Å². The number of hydrogen-bond donors (Lipinski definition) is 2. The summed E-state index contributed by atoms with van der Waals surface area (Å²) >= 11 is 0. The molecule has 3 heterocycles. The number of anilines is 1. The molecule has 0 aromatic carbocycles. The molecule has 0 bridgehead atoms. The van der Waals surface area contributed by atoms with E-state index in [4.69, 9.17) is 0 Å². The van der Waals surface area contributed by atoms with Gasteiger partial charge in [0.25, 0.3) is 5.91 Å². The van der Waals surface area contributed by atoms with Crippen molar-refractivity contribution in [3.63, 3.8) is 0 Å². The first-order valence-corrected chi connectivity index (χ1v) is 7.65. The molecule has 1 atom stereocenters. The van der Waals surface area contributed by atoms with Gasteiger partial charge in [-0.2, -0.15) is 5.10 Å². The highest BCUT2D eigenvalue weighted by molar-refractivity contribution is 6.03. The quantitative estimate of drug-likeness (QED) is 0.910. The average molecular weight is 299 g/mol. The molecule has 2 aromatic rings. The lowest BCUT2D eigenvalue weighted by atomic mass is 10.1. The van der Waals surface area contributed by atoms with Crippen LogP contribution in [-0.4, -0.2) is 33.8 Å². The normalized spacial score (nSPS) is 18.2. The summed E-state index contributed by atoms with van der Waals surface area (Å²) in [6.07, 6.45) is 4.11. The third kappa shape index (κ3) is 3.17. The van der Waals surface area contributed by atoms with Crippen molar-refractivity contribution in [1.29, 1.82) is 0 Å². The molecule has 6 nitrogen and oxygen atoms in total. The van der Waals surface area contributed by atoms with E-state index in [1.54, 1.807) is 6.07 Å². The van der Waals surface area contributed by atoms with Gasteiger partial charge in [0.05, 0.1) is 17.4 Å². The standard InChI is InChI=1S/C16H21N5O/c1-11-5-6-14(12(2)18-11)19-16(22)15-7-9-21(20-15)13-4-3-8-17-10-13/h5-7,9,13,17H,3-4,8,10H2,1-2H3,(H,19,22). The van der Waals surface area contributed by atoms with E-state index in [0.717, 1.165) is 43.0 Å². The number of nitrogens with zero attached hydrogens (tertiary/aromatic N) is 3. The van der Waals surface area contributed by atoms with Crippen molar-refractivity contribution < 1.29 is 4.79 Å². The number of rotatable bonds is 3. The molecule has 2 N–H and O–H groups in total. The summed E-state index contributed by atoms with van der Waals surface area (Å²) in [5.41, 5.74) is 2.91. The van der Waals surface area contributed by atoms with E-state index in [9.17, 15) is 4.79 Å². The Kier molecular flexibility index (Phi) is 4.20. The van der Waals surface area contributed by atoms with Crippen molar-refractivity contribution in [2.24, 2.45) is 0 Å². The fraction of sp³-hybridized carbons (Fsp3) is 0.438. The maximum Gasteiger partial charge on any atom is 0.276 e. The number of nitrogens with one attached hydrogen (secondary N) is 2. The zero-order valence-electron chi connectivity index (χ0n) is 13.0. The zero-order chi connectivity index (χ0) is 15.5. The monoisotopic (exact) mass is 299 g/mol. The minimum absolute atomic E-state index is 0.198. The molecule has 0 radical (unpaired) electrons. The van der Waals surface area contributed by atoms with Crippen LogP contribution in [0.25, 0.3) is 0 Å². The fourth-order valence-corrected chi connectivity index (χ4v) is 2.73. The van der Waals surface area contributed by atoms with Gasteiger partial charge in [0, 0.05) is 18.4 Å². The summed E-state index contributed by atoms with van der Waals surface area (Å²) in [5.74, 6) is -0.198. The first kappa shape index (κ1) is 14.7. The van der Waals surface area contributed by atoms with Gasteiger partial charge < -0.3 is 10.6 Å². The van der Waals surface area contributed by atoms with Crippen molar-refractivity contribution >= 4 is 11.6 Å². The first-order valence-electron chi connectivity index (χ1n) is 7.65. The maximum absolute atomic E-state index is 12.3. The fourth-order valence-electron chi connectivity index (χ4n) is 2.73. The Morgan fingerprint density at radius 2 is 2.23 bits per heavy atom. The molecular weight excluding hydrogens is 278 g/mol. The van der Waals surface area contributed by atoms with Crippen molar-refractivity contribution in [1.82, 2.24) is 20.1 Å². The molecule has 1 unspecified atom stereocenters. The molecule has 6 heteroatoms. The lowest BCUT2D eigenvalue weighted by Crippen LogP contribution is -2.32. The molecular formula is C16H21N5O. The van der Waals surface area contributed by atoms with Crippen LogP contribution in [0.2, 0.25) is 0 Å². The number of pyridine rings is 1. The highest BCUT2D eigenvalue weighted by Gasteiger charge is 2.18. The predicted molar refractivity (Wildman–Crippen MR) is 85.0 cm³/mol. The molecule has 3 rings (SSSR count). The first-order chi connectivity index (χ1) is 10.6. The van der Waals surface area contributed by atoms with Gasteiger partial charge >= 0.3 is 0 Å². The van der Waals surface area contributed by atoms with Crippen molar-refractivity contribution in [3.05, 3.63) is 41.5 Å². The van der Waals surface area contributed by atoms with Crippen LogP contribution < -0.4 is 10.6 Å². The molecule has 0 saturated carbocycles. The zero-order valence-corrected chi connectivity index (χ0v) is 13.0. The van der Waals surface area contributed by atoms with Crippen molar-refractivity contribution in [2.75, 3.05) is 18.4 Å². The SMILES string of the molecule is Cc1ccc(NC(=O)c2ccn(C3CCCNC3)n2)c(C)n1. The van der Waals surface area contributed by atoms with Crippen LogP contribution in [-0.2, 0) is 0 Å². The Labute approximate surface area is 129 Å². The Morgan fingerprint density at radius 3 is 2.95 bits per heavy atom.